The Morgan fingerprint density at radius 2 is 1.81 bits per heavy atom. The fraction of sp³-hybridized carbons (Fsp3) is 0.542. The van der Waals surface area contributed by atoms with Gasteiger partial charge in [-0.05, 0) is 30.5 Å². The molecule has 1 aliphatic heterocycles. The summed E-state index contributed by atoms with van der Waals surface area (Å²) in [6.07, 6.45) is 2.54. The van der Waals surface area contributed by atoms with Crippen LogP contribution < -0.4 is 10.6 Å². The third-order valence-corrected chi connectivity index (χ3v) is 5.62. The molecule has 2 heterocycles. The van der Waals surface area contributed by atoms with Crippen molar-refractivity contribution in [1.82, 2.24) is 15.5 Å². The minimum Gasteiger partial charge on any atom is -0.469 e. The van der Waals surface area contributed by atoms with Crippen molar-refractivity contribution in [3.63, 3.8) is 0 Å². The van der Waals surface area contributed by atoms with Gasteiger partial charge in [0.05, 0.1) is 32.1 Å². The number of morpholine rings is 1. The van der Waals surface area contributed by atoms with E-state index in [0.717, 1.165) is 57.5 Å². The Hall–Kier alpha value is -1.58. The monoisotopic (exact) mass is 540 g/mol. The highest BCUT2D eigenvalue weighted by atomic mass is 127. The maximum Gasteiger partial charge on any atom is 0.191 e. The van der Waals surface area contributed by atoms with E-state index in [0.29, 0.717) is 12.0 Å². The Morgan fingerprint density at radius 1 is 1.06 bits per heavy atom. The summed E-state index contributed by atoms with van der Waals surface area (Å²) in [5.74, 6) is 2.35. The molecule has 2 unspecified atom stereocenters. The summed E-state index contributed by atoms with van der Waals surface area (Å²) in [4.78, 5) is 7.50. The van der Waals surface area contributed by atoms with Crippen LogP contribution in [0, 0.1) is 5.92 Å². The number of furan rings is 1. The van der Waals surface area contributed by atoms with Gasteiger partial charge in [-0.3, -0.25) is 9.89 Å². The van der Waals surface area contributed by atoms with Crippen LogP contribution in [0.1, 0.15) is 38.1 Å². The van der Waals surface area contributed by atoms with E-state index in [2.05, 4.69) is 60.6 Å². The zero-order chi connectivity index (χ0) is 21.2. The summed E-state index contributed by atoms with van der Waals surface area (Å²) in [6, 6.07) is 15.0. The average Bonchev–Trinajstić information content (AvgIpc) is 3.28. The number of aliphatic imine (C=N–C) groups is 1. The van der Waals surface area contributed by atoms with Crippen molar-refractivity contribution >= 4 is 29.9 Å². The number of hydrogen-bond donors (Lipinski definition) is 2. The molecule has 172 valence electrons. The molecular weight excluding hydrogens is 503 g/mol. The van der Waals surface area contributed by atoms with Crippen LogP contribution in [0.2, 0.25) is 0 Å². The van der Waals surface area contributed by atoms with Crippen molar-refractivity contribution in [1.29, 1.82) is 0 Å². The van der Waals surface area contributed by atoms with Crippen molar-refractivity contribution in [2.75, 3.05) is 39.4 Å². The molecule has 2 aromatic rings. The van der Waals surface area contributed by atoms with Crippen molar-refractivity contribution < 1.29 is 9.15 Å². The lowest BCUT2D eigenvalue weighted by Crippen LogP contribution is -2.48. The smallest absolute Gasteiger partial charge is 0.191 e. The second-order valence-corrected chi connectivity index (χ2v) is 8.18. The van der Waals surface area contributed by atoms with Gasteiger partial charge in [0.1, 0.15) is 5.76 Å². The van der Waals surface area contributed by atoms with E-state index < -0.39 is 0 Å². The van der Waals surface area contributed by atoms with Crippen LogP contribution in [0.4, 0.5) is 0 Å². The van der Waals surface area contributed by atoms with Crippen molar-refractivity contribution in [3.05, 3.63) is 60.1 Å². The lowest BCUT2D eigenvalue weighted by atomic mass is 10.0. The van der Waals surface area contributed by atoms with Crippen molar-refractivity contribution in [3.8, 4) is 0 Å². The van der Waals surface area contributed by atoms with Gasteiger partial charge >= 0.3 is 0 Å². The molecule has 1 saturated heterocycles. The van der Waals surface area contributed by atoms with E-state index in [-0.39, 0.29) is 30.0 Å². The molecular formula is C24H37IN4O2. The number of guanidine groups is 1. The number of nitrogens with one attached hydrogen (secondary N) is 2. The van der Waals surface area contributed by atoms with Gasteiger partial charge in [-0.25, -0.2) is 0 Å². The van der Waals surface area contributed by atoms with E-state index >= 15 is 0 Å². The van der Waals surface area contributed by atoms with Crippen molar-refractivity contribution in [2.24, 2.45) is 10.9 Å². The van der Waals surface area contributed by atoms with Gasteiger partial charge in [0.2, 0.25) is 0 Å². The van der Waals surface area contributed by atoms with E-state index in [9.17, 15) is 0 Å². The summed E-state index contributed by atoms with van der Waals surface area (Å²) in [7, 11) is 0. The maximum absolute atomic E-state index is 5.53. The number of hydrogen-bond acceptors (Lipinski definition) is 4. The Morgan fingerprint density at radius 3 is 2.45 bits per heavy atom. The minimum atomic E-state index is 0. The quantitative estimate of drug-likeness (QED) is 0.285. The van der Waals surface area contributed by atoms with Gasteiger partial charge in [-0.1, -0.05) is 44.2 Å². The van der Waals surface area contributed by atoms with Crippen LogP contribution in [0.25, 0.3) is 0 Å². The number of ether oxygens (including phenoxy) is 1. The molecule has 6 nitrogen and oxygen atoms in total. The van der Waals surface area contributed by atoms with E-state index in [1.165, 1.54) is 5.56 Å². The van der Waals surface area contributed by atoms with E-state index in [4.69, 9.17) is 14.1 Å². The number of benzene rings is 1. The maximum atomic E-state index is 5.53. The lowest BCUT2D eigenvalue weighted by molar-refractivity contribution is 0.00867. The minimum absolute atomic E-state index is 0. The zero-order valence-electron chi connectivity index (χ0n) is 18.9. The Bertz CT molecular complexity index is 746. The summed E-state index contributed by atoms with van der Waals surface area (Å²) in [5.41, 5.74) is 1.24. The highest BCUT2D eigenvalue weighted by Gasteiger charge is 2.23. The molecule has 2 N–H and O–H groups in total. The van der Waals surface area contributed by atoms with Gasteiger partial charge in [-0.15, -0.1) is 24.0 Å². The van der Waals surface area contributed by atoms with Gasteiger partial charge in [0.15, 0.2) is 5.96 Å². The van der Waals surface area contributed by atoms with Crippen LogP contribution in [-0.4, -0.2) is 56.3 Å². The van der Waals surface area contributed by atoms with Gasteiger partial charge in [0, 0.05) is 32.1 Å². The number of halogens is 1. The molecule has 31 heavy (non-hydrogen) atoms. The van der Waals surface area contributed by atoms with Gasteiger partial charge in [-0.2, -0.15) is 0 Å². The molecule has 1 aliphatic rings. The summed E-state index contributed by atoms with van der Waals surface area (Å²) in [6.45, 7) is 11.8. The first-order valence-electron chi connectivity index (χ1n) is 11.1. The summed E-state index contributed by atoms with van der Waals surface area (Å²) >= 11 is 0. The zero-order valence-corrected chi connectivity index (χ0v) is 21.3. The molecule has 1 fully saturated rings. The van der Waals surface area contributed by atoms with Crippen LogP contribution in [-0.2, 0) is 11.2 Å². The summed E-state index contributed by atoms with van der Waals surface area (Å²) in [5, 5.41) is 7.07. The molecule has 1 aromatic carbocycles. The normalized spacial score (nSPS) is 17.1. The second kappa shape index (κ2) is 13.8. The molecule has 0 bridgehead atoms. The molecule has 0 aliphatic carbocycles. The molecule has 0 amide bonds. The standard InChI is InChI=1S/C24H36N4O2.HI/c1-19(2)23(28-13-16-29-17-14-28)18-26-24(25-12-11-22-10-7-15-30-22)27-20(3)21-8-5-4-6-9-21;/h4-10,15,19-20,23H,11-14,16-18H2,1-3H3,(H2,25,26,27);1H. The largest absolute Gasteiger partial charge is 0.469 e. The van der Waals surface area contributed by atoms with Crippen LogP contribution in [0.5, 0.6) is 0 Å². The predicted octanol–water partition coefficient (Wildman–Crippen LogP) is 4.09. The highest BCUT2D eigenvalue weighted by Crippen LogP contribution is 2.14. The second-order valence-electron chi connectivity index (χ2n) is 8.18. The summed E-state index contributed by atoms with van der Waals surface area (Å²) < 4.78 is 11.0. The number of rotatable bonds is 9. The van der Waals surface area contributed by atoms with E-state index in [1.54, 1.807) is 6.26 Å². The van der Waals surface area contributed by atoms with Gasteiger partial charge in [0.25, 0.3) is 0 Å². The molecule has 1 aromatic heterocycles. The molecule has 3 rings (SSSR count). The third kappa shape index (κ3) is 8.46. The first kappa shape index (κ1) is 25.7. The molecule has 7 heteroatoms. The van der Waals surface area contributed by atoms with Crippen molar-refractivity contribution in [2.45, 2.75) is 39.3 Å². The molecule has 0 saturated carbocycles. The fourth-order valence-corrected chi connectivity index (χ4v) is 3.78. The number of nitrogens with zero attached hydrogens (tertiary/aromatic N) is 2. The van der Waals surface area contributed by atoms with Crippen LogP contribution in [0.3, 0.4) is 0 Å². The van der Waals surface area contributed by atoms with Gasteiger partial charge < -0.3 is 19.8 Å². The SMILES string of the molecule is CC(NC(=NCC(C(C)C)N1CCOCC1)NCCc1ccco1)c1ccccc1.I. The van der Waals surface area contributed by atoms with E-state index in [1.807, 2.05) is 18.2 Å². The Balaban J connectivity index is 0.00000341. The molecule has 0 radical (unpaired) electrons. The lowest BCUT2D eigenvalue weighted by Gasteiger charge is -2.36. The fourth-order valence-electron chi connectivity index (χ4n) is 3.78. The highest BCUT2D eigenvalue weighted by molar-refractivity contribution is 14.0. The predicted molar refractivity (Wildman–Crippen MR) is 137 cm³/mol. The molecule has 0 spiro atoms. The first-order chi connectivity index (χ1) is 14.6. The van der Waals surface area contributed by atoms with Crippen LogP contribution >= 0.6 is 24.0 Å². The Kier molecular flexibility index (Phi) is 11.4. The molecule has 2 atom stereocenters. The van der Waals surface area contributed by atoms with Crippen LogP contribution in [0.15, 0.2) is 58.1 Å². The first-order valence-corrected chi connectivity index (χ1v) is 11.1. The topological polar surface area (TPSA) is 62.0 Å². The third-order valence-electron chi connectivity index (χ3n) is 5.62. The Labute approximate surface area is 203 Å². The average molecular weight is 540 g/mol.